The first-order valence-corrected chi connectivity index (χ1v) is 5.06. The van der Waals surface area contributed by atoms with Crippen LogP contribution in [-0.2, 0) is 16.1 Å². The highest BCUT2D eigenvalue weighted by molar-refractivity contribution is 6.04. The number of carboxylic acid groups (broad SMARTS) is 1. The van der Waals surface area contributed by atoms with Crippen molar-refractivity contribution in [1.29, 1.82) is 0 Å². The third-order valence-corrected chi connectivity index (χ3v) is 2.92. The van der Waals surface area contributed by atoms with Gasteiger partial charge in [-0.3, -0.25) is 9.59 Å². The van der Waals surface area contributed by atoms with Gasteiger partial charge in [0.15, 0.2) is 0 Å². The molecule has 1 aromatic rings. The largest absolute Gasteiger partial charge is 0.480 e. The standard InChI is InChI=1S/C11H13NO4/c1-12(6-8-2-5-16-7-8)9(13)11(3-4-11)10(14)15/h2,5,7H,3-4,6H2,1H3,(H,14,15). The third kappa shape index (κ3) is 1.68. The van der Waals surface area contributed by atoms with Crippen molar-refractivity contribution in [3.8, 4) is 0 Å². The summed E-state index contributed by atoms with van der Waals surface area (Å²) in [4.78, 5) is 24.3. The van der Waals surface area contributed by atoms with E-state index in [1.54, 1.807) is 19.4 Å². The summed E-state index contributed by atoms with van der Waals surface area (Å²) in [6, 6.07) is 1.75. The van der Waals surface area contributed by atoms with Gasteiger partial charge >= 0.3 is 5.97 Å². The second-order valence-corrected chi connectivity index (χ2v) is 4.18. The van der Waals surface area contributed by atoms with Gasteiger partial charge in [-0.15, -0.1) is 0 Å². The van der Waals surface area contributed by atoms with Crippen molar-refractivity contribution < 1.29 is 19.1 Å². The molecule has 0 atom stereocenters. The minimum atomic E-state index is -1.15. The Labute approximate surface area is 92.7 Å². The van der Waals surface area contributed by atoms with Gasteiger partial charge in [0.1, 0.15) is 5.41 Å². The van der Waals surface area contributed by atoms with Gasteiger partial charge in [0.2, 0.25) is 5.91 Å². The number of hydrogen-bond donors (Lipinski definition) is 1. The van der Waals surface area contributed by atoms with Crippen molar-refractivity contribution in [2.24, 2.45) is 5.41 Å². The van der Waals surface area contributed by atoms with Crippen LogP contribution in [-0.4, -0.2) is 28.9 Å². The maximum Gasteiger partial charge on any atom is 0.319 e. The van der Waals surface area contributed by atoms with Gasteiger partial charge in [-0.1, -0.05) is 0 Å². The number of carbonyl (C=O) groups is 2. The molecule has 1 amide bonds. The van der Waals surface area contributed by atoms with Crippen LogP contribution in [0.4, 0.5) is 0 Å². The molecule has 0 aromatic carbocycles. The van der Waals surface area contributed by atoms with Gasteiger partial charge in [0.25, 0.3) is 0 Å². The first-order chi connectivity index (χ1) is 7.56. The van der Waals surface area contributed by atoms with Crippen LogP contribution in [0, 0.1) is 5.41 Å². The summed E-state index contributed by atoms with van der Waals surface area (Å²) in [5.74, 6) is -1.34. The Morgan fingerprint density at radius 2 is 2.25 bits per heavy atom. The molecule has 1 saturated carbocycles. The summed E-state index contributed by atoms with van der Waals surface area (Å²) in [7, 11) is 1.61. The second kappa shape index (κ2) is 3.66. The highest BCUT2D eigenvalue weighted by atomic mass is 16.4. The molecular formula is C11H13NO4. The van der Waals surface area contributed by atoms with Crippen molar-refractivity contribution in [2.45, 2.75) is 19.4 Å². The van der Waals surface area contributed by atoms with E-state index in [1.165, 1.54) is 11.2 Å². The van der Waals surface area contributed by atoms with Crippen LogP contribution in [0.1, 0.15) is 18.4 Å². The third-order valence-electron chi connectivity index (χ3n) is 2.92. The lowest BCUT2D eigenvalue weighted by Crippen LogP contribution is -2.38. The molecule has 2 rings (SSSR count). The molecule has 1 aliphatic rings. The number of nitrogens with zero attached hydrogens (tertiary/aromatic N) is 1. The van der Waals surface area contributed by atoms with Crippen LogP contribution in [0.25, 0.3) is 0 Å². The van der Waals surface area contributed by atoms with Crippen molar-refractivity contribution in [3.63, 3.8) is 0 Å². The van der Waals surface area contributed by atoms with Gasteiger partial charge < -0.3 is 14.4 Å². The molecule has 5 nitrogen and oxygen atoms in total. The summed E-state index contributed by atoms with van der Waals surface area (Å²) in [6.45, 7) is 0.379. The molecule has 0 unspecified atom stereocenters. The van der Waals surface area contributed by atoms with E-state index in [1.807, 2.05) is 0 Å². The van der Waals surface area contributed by atoms with Gasteiger partial charge in [-0.2, -0.15) is 0 Å². The average molecular weight is 223 g/mol. The Hall–Kier alpha value is -1.78. The van der Waals surface area contributed by atoms with Gasteiger partial charge in [-0.05, 0) is 18.9 Å². The number of carboxylic acids is 1. The highest BCUT2D eigenvalue weighted by Gasteiger charge is 2.58. The fourth-order valence-electron chi connectivity index (χ4n) is 1.74. The number of amides is 1. The molecule has 0 bridgehead atoms. The van der Waals surface area contributed by atoms with Crippen LogP contribution < -0.4 is 0 Å². The van der Waals surface area contributed by atoms with E-state index in [0.717, 1.165) is 5.56 Å². The van der Waals surface area contributed by atoms with Crippen molar-refractivity contribution >= 4 is 11.9 Å². The topological polar surface area (TPSA) is 70.8 Å². The summed E-state index contributed by atoms with van der Waals surface area (Å²) in [5, 5.41) is 8.98. The lowest BCUT2D eigenvalue weighted by Gasteiger charge is -2.20. The first kappa shape index (κ1) is 10.7. The molecule has 1 N–H and O–H groups in total. The second-order valence-electron chi connectivity index (χ2n) is 4.18. The van der Waals surface area contributed by atoms with Crippen LogP contribution >= 0.6 is 0 Å². The molecule has 16 heavy (non-hydrogen) atoms. The molecule has 86 valence electrons. The van der Waals surface area contributed by atoms with E-state index in [9.17, 15) is 9.59 Å². The molecule has 1 aromatic heterocycles. The lowest BCUT2D eigenvalue weighted by molar-refractivity contribution is -0.153. The highest BCUT2D eigenvalue weighted by Crippen LogP contribution is 2.47. The molecule has 0 radical (unpaired) electrons. The zero-order valence-corrected chi connectivity index (χ0v) is 8.97. The molecular weight excluding hydrogens is 210 g/mol. The number of rotatable bonds is 4. The van der Waals surface area contributed by atoms with Gasteiger partial charge in [0.05, 0.1) is 12.5 Å². The minimum Gasteiger partial charge on any atom is -0.480 e. The number of carbonyl (C=O) groups excluding carboxylic acids is 1. The molecule has 1 heterocycles. The normalized spacial score (nSPS) is 16.8. The average Bonchev–Trinajstić information content (AvgIpc) is 2.91. The van der Waals surface area contributed by atoms with E-state index >= 15 is 0 Å². The zero-order chi connectivity index (χ0) is 11.8. The summed E-state index contributed by atoms with van der Waals surface area (Å²) < 4.78 is 4.89. The minimum absolute atomic E-state index is 0.318. The number of aliphatic carboxylic acids is 1. The van der Waals surface area contributed by atoms with E-state index in [2.05, 4.69) is 0 Å². The van der Waals surface area contributed by atoms with Crippen molar-refractivity contribution in [3.05, 3.63) is 24.2 Å². The smallest absolute Gasteiger partial charge is 0.319 e. The SMILES string of the molecule is CN(Cc1ccoc1)C(=O)C1(C(=O)O)CC1. The van der Waals surface area contributed by atoms with Crippen LogP contribution in [0.2, 0.25) is 0 Å². The Bertz CT molecular complexity index is 406. The monoisotopic (exact) mass is 223 g/mol. The van der Waals surface area contributed by atoms with E-state index in [-0.39, 0.29) is 5.91 Å². The van der Waals surface area contributed by atoms with Crippen molar-refractivity contribution in [1.82, 2.24) is 4.90 Å². The van der Waals surface area contributed by atoms with Crippen LogP contribution in [0.5, 0.6) is 0 Å². The zero-order valence-electron chi connectivity index (χ0n) is 8.97. The summed E-state index contributed by atoms with van der Waals surface area (Å²) >= 11 is 0. The molecule has 0 saturated heterocycles. The predicted octanol–water partition coefficient (Wildman–Crippen LogP) is 1.10. The predicted molar refractivity (Wildman–Crippen MR) is 54.5 cm³/mol. The van der Waals surface area contributed by atoms with Crippen molar-refractivity contribution in [2.75, 3.05) is 7.05 Å². The maximum absolute atomic E-state index is 11.9. The quantitative estimate of drug-likeness (QED) is 0.776. The number of hydrogen-bond acceptors (Lipinski definition) is 3. The van der Waals surface area contributed by atoms with E-state index in [0.29, 0.717) is 19.4 Å². The van der Waals surface area contributed by atoms with E-state index < -0.39 is 11.4 Å². The van der Waals surface area contributed by atoms with E-state index in [4.69, 9.17) is 9.52 Å². The van der Waals surface area contributed by atoms with Crippen LogP contribution in [0.3, 0.4) is 0 Å². The summed E-state index contributed by atoms with van der Waals surface area (Å²) in [5.41, 5.74) is -0.296. The molecule has 1 aliphatic carbocycles. The number of furan rings is 1. The van der Waals surface area contributed by atoms with Crippen LogP contribution in [0.15, 0.2) is 23.0 Å². The molecule has 0 spiro atoms. The van der Waals surface area contributed by atoms with Gasteiger partial charge in [-0.25, -0.2) is 0 Å². The summed E-state index contributed by atoms with van der Waals surface area (Å²) in [6.07, 6.45) is 3.95. The molecule has 1 fully saturated rings. The fraction of sp³-hybridized carbons (Fsp3) is 0.455. The first-order valence-electron chi connectivity index (χ1n) is 5.06. The van der Waals surface area contributed by atoms with Gasteiger partial charge in [0, 0.05) is 19.2 Å². The lowest BCUT2D eigenvalue weighted by atomic mass is 10.1. The molecule has 5 heteroatoms. The fourth-order valence-corrected chi connectivity index (χ4v) is 1.74. The molecule has 0 aliphatic heterocycles. The Balaban J connectivity index is 2.03. The maximum atomic E-state index is 11.9. The Morgan fingerprint density at radius 1 is 1.56 bits per heavy atom. The Morgan fingerprint density at radius 3 is 2.69 bits per heavy atom. The Kier molecular flexibility index (Phi) is 2.46.